The van der Waals surface area contributed by atoms with Gasteiger partial charge in [-0.25, -0.2) is 0 Å². The SMILES string of the molecule is Cc1csc(C(O)c2cnc3ccccc3c2)c1Cl. The lowest BCUT2D eigenvalue weighted by Gasteiger charge is -2.10. The van der Waals surface area contributed by atoms with Crippen LogP contribution < -0.4 is 0 Å². The van der Waals surface area contributed by atoms with E-state index in [2.05, 4.69) is 4.98 Å². The Morgan fingerprint density at radius 3 is 2.84 bits per heavy atom. The summed E-state index contributed by atoms with van der Waals surface area (Å²) in [6.45, 7) is 1.94. The van der Waals surface area contributed by atoms with Crippen LogP contribution in [0.25, 0.3) is 10.9 Å². The number of halogens is 1. The molecule has 0 aliphatic rings. The lowest BCUT2D eigenvalue weighted by atomic mass is 10.1. The van der Waals surface area contributed by atoms with Crippen LogP contribution in [0.5, 0.6) is 0 Å². The first-order valence-electron chi connectivity index (χ1n) is 5.93. The van der Waals surface area contributed by atoms with Gasteiger partial charge in [0.15, 0.2) is 0 Å². The molecule has 96 valence electrons. The summed E-state index contributed by atoms with van der Waals surface area (Å²) in [6, 6.07) is 9.80. The molecule has 4 heteroatoms. The van der Waals surface area contributed by atoms with Crippen molar-refractivity contribution in [2.24, 2.45) is 0 Å². The van der Waals surface area contributed by atoms with E-state index in [1.54, 1.807) is 6.20 Å². The number of aryl methyl sites for hydroxylation is 1. The number of rotatable bonds is 2. The van der Waals surface area contributed by atoms with Crippen LogP contribution in [0.4, 0.5) is 0 Å². The number of fused-ring (bicyclic) bond motifs is 1. The average molecular weight is 290 g/mol. The maximum atomic E-state index is 10.4. The van der Waals surface area contributed by atoms with Crippen LogP contribution >= 0.6 is 22.9 Å². The van der Waals surface area contributed by atoms with E-state index in [-0.39, 0.29) is 0 Å². The summed E-state index contributed by atoms with van der Waals surface area (Å²) in [5, 5.41) is 14.0. The molecule has 1 aromatic carbocycles. The number of benzene rings is 1. The van der Waals surface area contributed by atoms with Crippen molar-refractivity contribution in [1.82, 2.24) is 4.98 Å². The summed E-state index contributed by atoms with van der Waals surface area (Å²) in [6.07, 6.45) is 0.988. The first-order chi connectivity index (χ1) is 9.16. The molecule has 3 aromatic rings. The van der Waals surface area contributed by atoms with Crippen LogP contribution in [-0.4, -0.2) is 10.1 Å². The number of aliphatic hydroxyl groups excluding tert-OH is 1. The molecule has 2 aromatic heterocycles. The van der Waals surface area contributed by atoms with Gasteiger partial charge < -0.3 is 5.11 Å². The van der Waals surface area contributed by atoms with Crippen molar-refractivity contribution >= 4 is 33.8 Å². The zero-order valence-corrected chi connectivity index (χ0v) is 11.9. The van der Waals surface area contributed by atoms with Crippen LogP contribution in [0.3, 0.4) is 0 Å². The third-order valence-electron chi connectivity index (χ3n) is 3.10. The summed E-state index contributed by atoms with van der Waals surface area (Å²) >= 11 is 7.68. The van der Waals surface area contributed by atoms with Gasteiger partial charge in [-0.15, -0.1) is 11.3 Å². The first-order valence-corrected chi connectivity index (χ1v) is 7.19. The van der Waals surface area contributed by atoms with Crippen LogP contribution in [-0.2, 0) is 0 Å². The van der Waals surface area contributed by atoms with E-state index in [9.17, 15) is 5.11 Å². The van der Waals surface area contributed by atoms with E-state index >= 15 is 0 Å². The fourth-order valence-corrected chi connectivity index (χ4v) is 3.33. The van der Waals surface area contributed by atoms with E-state index in [0.717, 1.165) is 26.9 Å². The Bertz CT molecular complexity index is 738. The molecule has 2 heterocycles. The normalized spacial score (nSPS) is 12.8. The first kappa shape index (κ1) is 12.6. The summed E-state index contributed by atoms with van der Waals surface area (Å²) in [5.41, 5.74) is 2.68. The summed E-state index contributed by atoms with van der Waals surface area (Å²) in [7, 11) is 0. The average Bonchev–Trinajstić information content (AvgIpc) is 2.78. The molecular formula is C15H12ClNOS. The van der Waals surface area contributed by atoms with Gasteiger partial charge in [0.1, 0.15) is 6.10 Å². The van der Waals surface area contributed by atoms with E-state index in [4.69, 9.17) is 11.6 Å². The molecule has 0 amide bonds. The van der Waals surface area contributed by atoms with Crippen molar-refractivity contribution in [3.05, 3.63) is 62.9 Å². The molecule has 0 aliphatic carbocycles. The Morgan fingerprint density at radius 2 is 2.11 bits per heavy atom. The Labute approximate surface area is 120 Å². The molecule has 3 rings (SSSR count). The Balaban J connectivity index is 2.06. The van der Waals surface area contributed by atoms with Crippen LogP contribution in [0.1, 0.15) is 22.1 Å². The predicted molar refractivity (Wildman–Crippen MR) is 79.9 cm³/mol. The summed E-state index contributed by atoms with van der Waals surface area (Å²) < 4.78 is 0. The maximum Gasteiger partial charge on any atom is 0.116 e. The maximum absolute atomic E-state index is 10.4. The van der Waals surface area contributed by atoms with Crippen molar-refractivity contribution in [2.45, 2.75) is 13.0 Å². The lowest BCUT2D eigenvalue weighted by molar-refractivity contribution is 0.224. The van der Waals surface area contributed by atoms with Crippen LogP contribution in [0.15, 0.2) is 41.9 Å². The highest BCUT2D eigenvalue weighted by Crippen LogP contribution is 2.35. The second-order valence-electron chi connectivity index (χ2n) is 4.46. The van der Waals surface area contributed by atoms with Crippen molar-refractivity contribution in [2.75, 3.05) is 0 Å². The zero-order chi connectivity index (χ0) is 13.4. The van der Waals surface area contributed by atoms with E-state index in [1.807, 2.05) is 42.6 Å². The molecule has 19 heavy (non-hydrogen) atoms. The van der Waals surface area contributed by atoms with Crippen molar-refractivity contribution < 1.29 is 5.11 Å². The van der Waals surface area contributed by atoms with Crippen LogP contribution in [0, 0.1) is 6.92 Å². The number of thiophene rings is 1. The summed E-state index contributed by atoms with van der Waals surface area (Å²) in [4.78, 5) is 5.14. The Morgan fingerprint density at radius 1 is 1.32 bits per heavy atom. The van der Waals surface area contributed by atoms with Gasteiger partial charge in [0, 0.05) is 17.1 Å². The second kappa shape index (κ2) is 4.93. The van der Waals surface area contributed by atoms with Crippen molar-refractivity contribution in [3.8, 4) is 0 Å². The highest BCUT2D eigenvalue weighted by molar-refractivity contribution is 7.10. The van der Waals surface area contributed by atoms with E-state index < -0.39 is 6.10 Å². The van der Waals surface area contributed by atoms with E-state index in [1.165, 1.54) is 11.3 Å². The highest BCUT2D eigenvalue weighted by Gasteiger charge is 2.18. The molecule has 0 saturated heterocycles. The quantitative estimate of drug-likeness (QED) is 0.761. The fraction of sp³-hybridized carbons (Fsp3) is 0.133. The minimum Gasteiger partial charge on any atom is -0.383 e. The monoisotopic (exact) mass is 289 g/mol. The van der Waals surface area contributed by atoms with Gasteiger partial charge in [0.2, 0.25) is 0 Å². The number of aromatic nitrogens is 1. The topological polar surface area (TPSA) is 33.1 Å². The number of hydrogen-bond donors (Lipinski definition) is 1. The molecule has 0 spiro atoms. The number of hydrogen-bond acceptors (Lipinski definition) is 3. The Kier molecular flexibility index (Phi) is 3.27. The molecule has 0 fully saturated rings. The molecule has 1 unspecified atom stereocenters. The fourth-order valence-electron chi connectivity index (χ4n) is 2.02. The highest BCUT2D eigenvalue weighted by atomic mass is 35.5. The number of para-hydroxylation sites is 1. The molecule has 0 radical (unpaired) electrons. The number of aliphatic hydroxyl groups is 1. The smallest absolute Gasteiger partial charge is 0.116 e. The molecular weight excluding hydrogens is 278 g/mol. The Hall–Kier alpha value is -1.42. The zero-order valence-electron chi connectivity index (χ0n) is 10.3. The largest absolute Gasteiger partial charge is 0.383 e. The van der Waals surface area contributed by atoms with Gasteiger partial charge in [-0.1, -0.05) is 29.8 Å². The number of nitrogens with zero attached hydrogens (tertiary/aromatic N) is 1. The van der Waals surface area contributed by atoms with Crippen LogP contribution in [0.2, 0.25) is 5.02 Å². The minimum absolute atomic E-state index is 0.644. The summed E-state index contributed by atoms with van der Waals surface area (Å²) in [5.74, 6) is 0. The number of pyridine rings is 1. The van der Waals surface area contributed by atoms with Gasteiger partial charge in [-0.2, -0.15) is 0 Å². The molecule has 1 atom stereocenters. The second-order valence-corrected chi connectivity index (χ2v) is 5.75. The molecule has 0 aliphatic heterocycles. The van der Waals surface area contributed by atoms with E-state index in [0.29, 0.717) is 5.02 Å². The van der Waals surface area contributed by atoms with Gasteiger partial charge in [0.05, 0.1) is 15.4 Å². The van der Waals surface area contributed by atoms with Gasteiger partial charge in [-0.05, 0) is 30.0 Å². The standard InChI is InChI=1S/C15H12ClNOS/c1-9-8-19-15(13(9)16)14(18)11-6-10-4-2-3-5-12(10)17-7-11/h2-8,14,18H,1H3. The third kappa shape index (κ3) is 2.25. The van der Waals surface area contributed by atoms with Gasteiger partial charge in [-0.3, -0.25) is 4.98 Å². The lowest BCUT2D eigenvalue weighted by Crippen LogP contribution is -1.99. The van der Waals surface area contributed by atoms with Gasteiger partial charge in [0.25, 0.3) is 0 Å². The minimum atomic E-state index is -0.719. The molecule has 0 saturated carbocycles. The third-order valence-corrected chi connectivity index (χ3v) is 4.87. The molecule has 2 nitrogen and oxygen atoms in total. The molecule has 0 bridgehead atoms. The predicted octanol–water partition coefficient (Wildman–Crippen LogP) is 4.34. The van der Waals surface area contributed by atoms with Gasteiger partial charge >= 0.3 is 0 Å². The van der Waals surface area contributed by atoms with Crippen molar-refractivity contribution in [3.63, 3.8) is 0 Å². The molecule has 1 N–H and O–H groups in total. The van der Waals surface area contributed by atoms with Crippen molar-refractivity contribution in [1.29, 1.82) is 0 Å².